The molecule has 0 saturated carbocycles. The van der Waals surface area contributed by atoms with Crippen molar-refractivity contribution < 1.29 is 13.2 Å². The monoisotopic (exact) mass is 327 g/mol. The lowest BCUT2D eigenvalue weighted by atomic mass is 10.3. The zero-order valence-corrected chi connectivity index (χ0v) is 13.4. The number of hydrogen-bond acceptors (Lipinski definition) is 6. The van der Waals surface area contributed by atoms with E-state index in [9.17, 15) is 8.42 Å². The van der Waals surface area contributed by atoms with Crippen molar-refractivity contribution in [3.63, 3.8) is 0 Å². The lowest BCUT2D eigenvalue weighted by Gasteiger charge is -2.09. The quantitative estimate of drug-likeness (QED) is 0.817. The molecule has 1 aromatic heterocycles. The number of anilines is 3. The predicted octanol–water partition coefficient (Wildman–Crippen LogP) is 2.58. The summed E-state index contributed by atoms with van der Waals surface area (Å²) in [5, 5.41) is 5.86. The molecule has 0 bridgehead atoms. The number of thiazole rings is 1. The molecule has 2 aromatic rings. The summed E-state index contributed by atoms with van der Waals surface area (Å²) in [5.74, 6) is -0.0766. The van der Waals surface area contributed by atoms with Crippen LogP contribution in [0.25, 0.3) is 0 Å². The second-order valence-electron chi connectivity index (χ2n) is 4.41. The van der Waals surface area contributed by atoms with Gasteiger partial charge in [0.05, 0.1) is 23.7 Å². The minimum Gasteiger partial charge on any atom is -0.384 e. The predicted molar refractivity (Wildman–Crippen MR) is 85.9 cm³/mol. The van der Waals surface area contributed by atoms with Crippen molar-refractivity contribution in [2.45, 2.75) is 6.92 Å². The van der Waals surface area contributed by atoms with Gasteiger partial charge < -0.3 is 10.1 Å². The van der Waals surface area contributed by atoms with Crippen molar-refractivity contribution in [2.24, 2.45) is 0 Å². The van der Waals surface area contributed by atoms with E-state index in [-0.39, 0.29) is 12.4 Å². The second-order valence-corrected chi connectivity index (χ2v) is 7.11. The smallest absolute Gasteiger partial charge is 0.235 e. The van der Waals surface area contributed by atoms with Crippen LogP contribution in [0, 0.1) is 6.92 Å². The van der Waals surface area contributed by atoms with Gasteiger partial charge in [0.25, 0.3) is 0 Å². The minimum atomic E-state index is -3.40. The van der Waals surface area contributed by atoms with E-state index in [1.165, 1.54) is 18.4 Å². The first kappa shape index (κ1) is 15.7. The molecule has 0 saturated heterocycles. The molecule has 0 amide bonds. The van der Waals surface area contributed by atoms with E-state index in [1.54, 1.807) is 18.2 Å². The van der Waals surface area contributed by atoms with Crippen molar-refractivity contribution in [1.29, 1.82) is 0 Å². The molecule has 0 spiro atoms. The molecule has 2 rings (SSSR count). The number of aryl methyl sites for hydroxylation is 1. The van der Waals surface area contributed by atoms with E-state index in [0.717, 1.165) is 16.5 Å². The van der Waals surface area contributed by atoms with Gasteiger partial charge in [-0.05, 0) is 25.1 Å². The van der Waals surface area contributed by atoms with Crippen molar-refractivity contribution in [3.05, 3.63) is 35.3 Å². The molecule has 0 aliphatic heterocycles. The summed E-state index contributed by atoms with van der Waals surface area (Å²) in [6, 6.07) is 7.05. The number of nitrogens with one attached hydrogen (secondary N) is 2. The number of methoxy groups -OCH3 is 1. The number of sulfonamides is 1. The highest BCUT2D eigenvalue weighted by Gasteiger charge is 2.10. The molecule has 6 nitrogen and oxygen atoms in total. The van der Waals surface area contributed by atoms with Gasteiger partial charge in [0.1, 0.15) is 0 Å². The Bertz CT molecular complexity index is 698. The molecule has 0 aliphatic carbocycles. The lowest BCUT2D eigenvalue weighted by Crippen LogP contribution is -2.19. The Morgan fingerprint density at radius 1 is 1.33 bits per heavy atom. The first-order chi connectivity index (χ1) is 9.98. The summed E-state index contributed by atoms with van der Waals surface area (Å²) in [6.45, 7) is 2.08. The maximum atomic E-state index is 11.8. The van der Waals surface area contributed by atoms with Gasteiger partial charge in [-0.3, -0.25) is 4.72 Å². The van der Waals surface area contributed by atoms with Crippen LogP contribution in [0.1, 0.15) is 5.69 Å². The van der Waals surface area contributed by atoms with Crippen LogP contribution in [-0.4, -0.2) is 32.9 Å². The number of aromatic nitrogens is 1. The Hall–Kier alpha value is -1.64. The van der Waals surface area contributed by atoms with Crippen LogP contribution in [0.2, 0.25) is 0 Å². The topological polar surface area (TPSA) is 80.3 Å². The fraction of sp³-hybridized carbons (Fsp3) is 0.308. The Labute approximate surface area is 128 Å². The first-order valence-electron chi connectivity index (χ1n) is 6.27. The number of benzene rings is 1. The summed E-state index contributed by atoms with van der Waals surface area (Å²) >= 11 is 1.50. The van der Waals surface area contributed by atoms with Crippen LogP contribution in [0.4, 0.5) is 16.5 Å². The van der Waals surface area contributed by atoms with Gasteiger partial charge in [0, 0.05) is 18.2 Å². The maximum Gasteiger partial charge on any atom is 0.235 e. The molecule has 2 N–H and O–H groups in total. The summed E-state index contributed by atoms with van der Waals surface area (Å²) in [4.78, 5) is 4.30. The third kappa shape index (κ3) is 5.00. The number of nitrogens with zero attached hydrogens (tertiary/aromatic N) is 1. The van der Waals surface area contributed by atoms with E-state index in [2.05, 4.69) is 15.0 Å². The number of rotatable bonds is 7. The van der Waals surface area contributed by atoms with Gasteiger partial charge in [-0.1, -0.05) is 6.07 Å². The average Bonchev–Trinajstić information content (AvgIpc) is 2.82. The van der Waals surface area contributed by atoms with Crippen LogP contribution < -0.4 is 10.0 Å². The van der Waals surface area contributed by atoms with Gasteiger partial charge in [0.2, 0.25) is 10.0 Å². The molecule has 21 heavy (non-hydrogen) atoms. The molecule has 0 atom stereocenters. The van der Waals surface area contributed by atoms with Gasteiger partial charge in [0.15, 0.2) is 5.13 Å². The molecule has 0 radical (unpaired) electrons. The molecule has 0 unspecified atom stereocenters. The van der Waals surface area contributed by atoms with Crippen LogP contribution in [-0.2, 0) is 14.8 Å². The van der Waals surface area contributed by atoms with Crippen LogP contribution >= 0.6 is 11.3 Å². The summed E-state index contributed by atoms with van der Waals surface area (Å²) < 4.78 is 30.9. The normalized spacial score (nSPS) is 11.3. The van der Waals surface area contributed by atoms with E-state index < -0.39 is 10.0 Å². The molecule has 114 valence electrons. The zero-order chi connectivity index (χ0) is 15.3. The first-order valence-corrected chi connectivity index (χ1v) is 8.80. The molecule has 8 heteroatoms. The molecular formula is C13H17N3O3S2. The lowest BCUT2D eigenvalue weighted by molar-refractivity contribution is 0.217. The summed E-state index contributed by atoms with van der Waals surface area (Å²) in [6.07, 6.45) is 0. The summed E-state index contributed by atoms with van der Waals surface area (Å²) in [5.41, 5.74) is 2.22. The van der Waals surface area contributed by atoms with Crippen LogP contribution in [0.15, 0.2) is 29.6 Å². The van der Waals surface area contributed by atoms with Gasteiger partial charge in [-0.15, -0.1) is 11.3 Å². The second kappa shape index (κ2) is 6.88. The Balaban J connectivity index is 2.07. The fourth-order valence-electron chi connectivity index (χ4n) is 1.62. The number of ether oxygens (including phenoxy) is 1. The van der Waals surface area contributed by atoms with Crippen molar-refractivity contribution >= 4 is 37.9 Å². The van der Waals surface area contributed by atoms with Gasteiger partial charge in [-0.2, -0.15) is 0 Å². The third-order valence-corrected chi connectivity index (χ3v) is 4.69. The number of hydrogen-bond donors (Lipinski definition) is 2. The van der Waals surface area contributed by atoms with Gasteiger partial charge >= 0.3 is 0 Å². The highest BCUT2D eigenvalue weighted by atomic mass is 32.2. The largest absolute Gasteiger partial charge is 0.384 e. The molecule has 1 heterocycles. The van der Waals surface area contributed by atoms with Crippen molar-refractivity contribution in [1.82, 2.24) is 4.98 Å². The molecular weight excluding hydrogens is 310 g/mol. The highest BCUT2D eigenvalue weighted by molar-refractivity contribution is 7.92. The van der Waals surface area contributed by atoms with Crippen molar-refractivity contribution in [3.8, 4) is 0 Å². The van der Waals surface area contributed by atoms with Crippen LogP contribution in [0.3, 0.4) is 0 Å². The Morgan fingerprint density at radius 2 is 2.10 bits per heavy atom. The highest BCUT2D eigenvalue weighted by Crippen LogP contribution is 2.23. The van der Waals surface area contributed by atoms with Crippen molar-refractivity contribution in [2.75, 3.05) is 29.5 Å². The molecule has 0 aliphatic rings. The van der Waals surface area contributed by atoms with E-state index in [4.69, 9.17) is 4.74 Å². The SMILES string of the molecule is COCCS(=O)(=O)Nc1cccc(Nc2nc(C)cs2)c1. The Morgan fingerprint density at radius 3 is 2.76 bits per heavy atom. The average molecular weight is 327 g/mol. The fourth-order valence-corrected chi connectivity index (χ4v) is 3.30. The Kier molecular flexibility index (Phi) is 5.16. The standard InChI is InChI=1S/C13H17N3O3S2/c1-10-9-20-13(14-10)15-11-4-3-5-12(8-11)16-21(17,18)7-6-19-2/h3-5,8-9,16H,6-7H2,1-2H3,(H,14,15). The molecule has 1 aromatic carbocycles. The third-order valence-electron chi connectivity index (χ3n) is 2.56. The van der Waals surface area contributed by atoms with Crippen LogP contribution in [0.5, 0.6) is 0 Å². The minimum absolute atomic E-state index is 0.0766. The van der Waals surface area contributed by atoms with E-state index >= 15 is 0 Å². The zero-order valence-electron chi connectivity index (χ0n) is 11.8. The van der Waals surface area contributed by atoms with E-state index in [0.29, 0.717) is 5.69 Å². The van der Waals surface area contributed by atoms with E-state index in [1.807, 2.05) is 18.4 Å². The molecule has 0 fully saturated rings. The summed E-state index contributed by atoms with van der Waals surface area (Å²) in [7, 11) is -1.93. The maximum absolute atomic E-state index is 11.8. The van der Waals surface area contributed by atoms with Gasteiger partial charge in [-0.25, -0.2) is 13.4 Å².